The predicted octanol–water partition coefficient (Wildman–Crippen LogP) is 0.632. The highest BCUT2D eigenvalue weighted by Gasteiger charge is 2.14. The Kier molecular flexibility index (Phi) is 10.4. The molecule has 0 atom stereocenters. The van der Waals surface area contributed by atoms with Crippen LogP contribution in [0.25, 0.3) is 0 Å². The largest absolute Gasteiger partial charge is 0.456 e. The van der Waals surface area contributed by atoms with Gasteiger partial charge in [0.2, 0.25) is 6.79 Å². The maximum absolute atomic E-state index is 11.7. The Morgan fingerprint density at radius 2 is 1.50 bits per heavy atom. The Labute approximate surface area is 129 Å². The molecule has 0 saturated heterocycles. The molecule has 0 aromatic rings. The minimum absolute atomic E-state index is 0.202. The standard InChI is InChI=1S/C14H23NO7/c1-4-8-15(5-2)12(17)9-20-13(18)6-7-14(19)22-10-21-11(3)16/h4-10H2,1-3H3. The fourth-order valence-corrected chi connectivity index (χ4v) is 1.49. The molecule has 0 aromatic heterocycles. The van der Waals surface area contributed by atoms with E-state index in [0.29, 0.717) is 13.1 Å². The lowest BCUT2D eigenvalue weighted by molar-refractivity contribution is -0.167. The first kappa shape index (κ1) is 19.9. The molecule has 0 fully saturated rings. The summed E-state index contributed by atoms with van der Waals surface area (Å²) in [6.07, 6.45) is 0.411. The van der Waals surface area contributed by atoms with E-state index in [9.17, 15) is 19.2 Å². The van der Waals surface area contributed by atoms with E-state index in [-0.39, 0.29) is 25.4 Å². The highest BCUT2D eigenvalue weighted by atomic mass is 16.7. The number of carbonyl (C=O) groups excluding carboxylic acids is 4. The van der Waals surface area contributed by atoms with Gasteiger partial charge in [0.05, 0.1) is 12.8 Å². The molecule has 8 heteroatoms. The van der Waals surface area contributed by atoms with Crippen molar-refractivity contribution in [1.82, 2.24) is 4.90 Å². The first-order chi connectivity index (χ1) is 10.4. The highest BCUT2D eigenvalue weighted by molar-refractivity contribution is 5.82. The number of esters is 3. The van der Waals surface area contributed by atoms with Crippen molar-refractivity contribution in [3.8, 4) is 0 Å². The van der Waals surface area contributed by atoms with E-state index in [4.69, 9.17) is 4.74 Å². The number of amides is 1. The second-order valence-corrected chi connectivity index (χ2v) is 4.40. The second-order valence-electron chi connectivity index (χ2n) is 4.40. The first-order valence-corrected chi connectivity index (χ1v) is 7.13. The molecule has 0 rings (SSSR count). The van der Waals surface area contributed by atoms with Crippen molar-refractivity contribution in [2.45, 2.75) is 40.0 Å². The van der Waals surface area contributed by atoms with E-state index < -0.39 is 24.7 Å². The third-order valence-corrected chi connectivity index (χ3v) is 2.60. The summed E-state index contributed by atoms with van der Waals surface area (Å²) < 4.78 is 13.8. The van der Waals surface area contributed by atoms with E-state index in [0.717, 1.165) is 6.42 Å². The molecule has 0 bridgehead atoms. The Hall–Kier alpha value is -2.12. The SMILES string of the molecule is CCCN(CC)C(=O)COC(=O)CCC(=O)OCOC(C)=O. The summed E-state index contributed by atoms with van der Waals surface area (Å²) >= 11 is 0. The van der Waals surface area contributed by atoms with Crippen molar-refractivity contribution < 1.29 is 33.4 Å². The molecule has 0 spiro atoms. The number of carbonyl (C=O) groups is 4. The Bertz CT molecular complexity index is 395. The number of ether oxygens (including phenoxy) is 3. The predicted molar refractivity (Wildman–Crippen MR) is 75.5 cm³/mol. The van der Waals surface area contributed by atoms with Gasteiger partial charge in [-0.3, -0.25) is 19.2 Å². The van der Waals surface area contributed by atoms with Crippen molar-refractivity contribution >= 4 is 23.8 Å². The lowest BCUT2D eigenvalue weighted by Crippen LogP contribution is -2.35. The monoisotopic (exact) mass is 317 g/mol. The van der Waals surface area contributed by atoms with Gasteiger partial charge in [0.15, 0.2) is 6.61 Å². The number of hydrogen-bond acceptors (Lipinski definition) is 7. The molecule has 0 unspecified atom stereocenters. The summed E-state index contributed by atoms with van der Waals surface area (Å²) in [7, 11) is 0. The smallest absolute Gasteiger partial charge is 0.309 e. The fourth-order valence-electron chi connectivity index (χ4n) is 1.49. The Morgan fingerprint density at radius 1 is 0.909 bits per heavy atom. The third kappa shape index (κ3) is 9.73. The van der Waals surface area contributed by atoms with E-state index in [1.807, 2.05) is 13.8 Å². The summed E-state index contributed by atoms with van der Waals surface area (Å²) in [5.41, 5.74) is 0. The minimum Gasteiger partial charge on any atom is -0.456 e. The molecule has 1 amide bonds. The molecule has 0 heterocycles. The van der Waals surface area contributed by atoms with Crippen LogP contribution in [0.15, 0.2) is 0 Å². The maximum atomic E-state index is 11.7. The third-order valence-electron chi connectivity index (χ3n) is 2.60. The van der Waals surface area contributed by atoms with Crippen LogP contribution in [0, 0.1) is 0 Å². The van der Waals surface area contributed by atoms with E-state index in [1.165, 1.54) is 6.92 Å². The van der Waals surface area contributed by atoms with Gasteiger partial charge in [-0.2, -0.15) is 0 Å². The van der Waals surface area contributed by atoms with Crippen LogP contribution in [0.3, 0.4) is 0 Å². The van der Waals surface area contributed by atoms with Crippen LogP contribution in [0.4, 0.5) is 0 Å². The molecular formula is C14H23NO7. The number of nitrogens with zero attached hydrogens (tertiary/aromatic N) is 1. The van der Waals surface area contributed by atoms with Crippen molar-refractivity contribution in [3.63, 3.8) is 0 Å². The molecule has 0 radical (unpaired) electrons. The van der Waals surface area contributed by atoms with Crippen molar-refractivity contribution in [1.29, 1.82) is 0 Å². The zero-order valence-corrected chi connectivity index (χ0v) is 13.3. The van der Waals surface area contributed by atoms with Crippen LogP contribution in [-0.4, -0.2) is 55.2 Å². The zero-order chi connectivity index (χ0) is 17.0. The molecule has 0 aliphatic heterocycles. The summed E-state index contributed by atoms with van der Waals surface area (Å²) in [5.74, 6) is -2.19. The summed E-state index contributed by atoms with van der Waals surface area (Å²) in [5, 5.41) is 0. The highest BCUT2D eigenvalue weighted by Crippen LogP contribution is 1.98. The topological polar surface area (TPSA) is 99.2 Å². The van der Waals surface area contributed by atoms with E-state index in [2.05, 4.69) is 9.47 Å². The van der Waals surface area contributed by atoms with Gasteiger partial charge in [0, 0.05) is 20.0 Å². The normalized spacial score (nSPS) is 9.77. The Balaban J connectivity index is 3.87. The number of rotatable bonds is 10. The maximum Gasteiger partial charge on any atom is 0.309 e. The molecule has 0 saturated carbocycles. The van der Waals surface area contributed by atoms with Crippen molar-refractivity contribution in [2.24, 2.45) is 0 Å². The minimum atomic E-state index is -0.689. The van der Waals surface area contributed by atoms with Gasteiger partial charge in [-0.05, 0) is 13.3 Å². The summed E-state index contributed by atoms with van der Waals surface area (Å²) in [6, 6.07) is 0. The van der Waals surface area contributed by atoms with E-state index in [1.54, 1.807) is 4.90 Å². The molecule has 0 aliphatic rings. The number of likely N-dealkylation sites (N-methyl/N-ethyl adjacent to an activating group) is 1. The van der Waals surface area contributed by atoms with E-state index >= 15 is 0 Å². The van der Waals surface area contributed by atoms with Gasteiger partial charge in [0.1, 0.15) is 0 Å². The summed E-state index contributed by atoms with van der Waals surface area (Å²) in [4.78, 5) is 46.4. The molecule has 126 valence electrons. The van der Waals surface area contributed by atoms with Gasteiger partial charge in [-0.1, -0.05) is 6.92 Å². The second kappa shape index (κ2) is 11.5. The lowest BCUT2D eigenvalue weighted by Gasteiger charge is -2.19. The van der Waals surface area contributed by atoms with Crippen LogP contribution in [0.1, 0.15) is 40.0 Å². The fraction of sp³-hybridized carbons (Fsp3) is 0.714. The van der Waals surface area contributed by atoms with Crippen molar-refractivity contribution in [3.05, 3.63) is 0 Å². The van der Waals surface area contributed by atoms with Gasteiger partial charge in [0.25, 0.3) is 5.91 Å². The van der Waals surface area contributed by atoms with Crippen molar-refractivity contribution in [2.75, 3.05) is 26.5 Å². The molecule has 0 aromatic carbocycles. The number of hydrogen-bond donors (Lipinski definition) is 0. The molecule has 0 N–H and O–H groups in total. The van der Waals surface area contributed by atoms with Gasteiger partial charge < -0.3 is 19.1 Å². The van der Waals surface area contributed by atoms with Crippen LogP contribution >= 0.6 is 0 Å². The molecule has 8 nitrogen and oxygen atoms in total. The van der Waals surface area contributed by atoms with Gasteiger partial charge in [-0.15, -0.1) is 0 Å². The molecule has 22 heavy (non-hydrogen) atoms. The zero-order valence-electron chi connectivity index (χ0n) is 13.3. The average molecular weight is 317 g/mol. The lowest BCUT2D eigenvalue weighted by atomic mass is 10.3. The molecule has 0 aliphatic carbocycles. The van der Waals surface area contributed by atoms with Gasteiger partial charge in [-0.25, -0.2) is 0 Å². The van der Waals surface area contributed by atoms with Crippen LogP contribution in [0.2, 0.25) is 0 Å². The summed E-state index contributed by atoms with van der Waals surface area (Å²) in [6.45, 7) is 5.31. The quantitative estimate of drug-likeness (QED) is 0.430. The first-order valence-electron chi connectivity index (χ1n) is 7.13. The van der Waals surface area contributed by atoms with Crippen LogP contribution in [0.5, 0.6) is 0 Å². The molecular weight excluding hydrogens is 294 g/mol. The van der Waals surface area contributed by atoms with Crippen LogP contribution in [-0.2, 0) is 33.4 Å². The van der Waals surface area contributed by atoms with Crippen LogP contribution < -0.4 is 0 Å². The Morgan fingerprint density at radius 3 is 2.00 bits per heavy atom. The van der Waals surface area contributed by atoms with Gasteiger partial charge >= 0.3 is 17.9 Å². The average Bonchev–Trinajstić information content (AvgIpc) is 2.47.